The molecule has 1 aromatic rings. The molecule has 0 saturated heterocycles. The number of ether oxygens (including phenoxy) is 1. The van der Waals surface area contributed by atoms with E-state index in [0.717, 1.165) is 19.6 Å². The smallest absolute Gasteiger partial charge is 0.257 e. The number of likely N-dealkylation sites (N-methyl/N-ethyl adjacent to an activating group) is 1. The summed E-state index contributed by atoms with van der Waals surface area (Å²) in [4.78, 5) is 14.6. The van der Waals surface area contributed by atoms with E-state index in [2.05, 4.69) is 24.1 Å². The predicted octanol–water partition coefficient (Wildman–Crippen LogP) is 1.74. The van der Waals surface area contributed by atoms with E-state index in [4.69, 9.17) is 10.5 Å². The monoisotopic (exact) mass is 279 g/mol. The molecule has 5 nitrogen and oxygen atoms in total. The summed E-state index contributed by atoms with van der Waals surface area (Å²) >= 11 is 0. The van der Waals surface area contributed by atoms with Gasteiger partial charge in [-0.1, -0.05) is 19.9 Å². The first-order valence-corrected chi connectivity index (χ1v) is 6.99. The van der Waals surface area contributed by atoms with Crippen molar-refractivity contribution in [2.45, 2.75) is 26.8 Å². The summed E-state index contributed by atoms with van der Waals surface area (Å²) in [6.07, 6.45) is 0. The number of methoxy groups -OCH3 is 1. The van der Waals surface area contributed by atoms with Gasteiger partial charge in [0.1, 0.15) is 11.3 Å². The molecule has 0 heterocycles. The lowest BCUT2D eigenvalue weighted by molar-refractivity contribution is 0.0928. The van der Waals surface area contributed by atoms with Gasteiger partial charge in [-0.2, -0.15) is 0 Å². The number of nitrogens with one attached hydrogen (secondary N) is 1. The standard InChI is InChI=1S/C15H25N3O2/c1-5-18(6-2)10-11(3)17-15(19)14-12(16)8-7-9-13(14)20-4/h7-9,11H,5-6,10,16H2,1-4H3,(H,17,19). The molecule has 0 aliphatic rings. The fraction of sp³-hybridized carbons (Fsp3) is 0.533. The largest absolute Gasteiger partial charge is 0.496 e. The lowest BCUT2D eigenvalue weighted by Crippen LogP contribution is -2.42. The molecule has 0 aliphatic heterocycles. The Morgan fingerprint density at radius 1 is 1.40 bits per heavy atom. The summed E-state index contributed by atoms with van der Waals surface area (Å²) in [6.45, 7) is 8.95. The van der Waals surface area contributed by atoms with Gasteiger partial charge in [0.2, 0.25) is 0 Å². The van der Waals surface area contributed by atoms with Gasteiger partial charge in [0.15, 0.2) is 0 Å². The number of carbonyl (C=O) groups is 1. The van der Waals surface area contributed by atoms with Crippen LogP contribution in [0.3, 0.4) is 0 Å². The SMILES string of the molecule is CCN(CC)CC(C)NC(=O)c1c(N)cccc1OC. The van der Waals surface area contributed by atoms with Gasteiger partial charge < -0.3 is 20.7 Å². The first-order valence-electron chi connectivity index (χ1n) is 6.99. The number of carbonyl (C=O) groups excluding carboxylic acids is 1. The molecule has 0 saturated carbocycles. The van der Waals surface area contributed by atoms with Crippen molar-refractivity contribution in [1.29, 1.82) is 0 Å². The molecule has 1 rings (SSSR count). The van der Waals surface area contributed by atoms with Crippen LogP contribution in [0.4, 0.5) is 5.69 Å². The Morgan fingerprint density at radius 2 is 2.05 bits per heavy atom. The van der Waals surface area contributed by atoms with Crippen LogP contribution in [0, 0.1) is 0 Å². The Morgan fingerprint density at radius 3 is 2.60 bits per heavy atom. The second-order valence-electron chi connectivity index (χ2n) is 4.78. The fourth-order valence-corrected chi connectivity index (χ4v) is 2.17. The highest BCUT2D eigenvalue weighted by molar-refractivity contribution is 6.02. The lowest BCUT2D eigenvalue weighted by Gasteiger charge is -2.23. The normalized spacial score (nSPS) is 12.2. The van der Waals surface area contributed by atoms with Crippen molar-refractivity contribution in [3.63, 3.8) is 0 Å². The van der Waals surface area contributed by atoms with Gasteiger partial charge in [-0.25, -0.2) is 0 Å². The maximum absolute atomic E-state index is 12.3. The second kappa shape index (κ2) is 7.75. The summed E-state index contributed by atoms with van der Waals surface area (Å²) in [5.41, 5.74) is 6.71. The Kier molecular flexibility index (Phi) is 6.31. The van der Waals surface area contributed by atoms with E-state index < -0.39 is 0 Å². The van der Waals surface area contributed by atoms with Gasteiger partial charge in [0, 0.05) is 18.3 Å². The van der Waals surface area contributed by atoms with Gasteiger partial charge in [-0.15, -0.1) is 0 Å². The van der Waals surface area contributed by atoms with Gasteiger partial charge in [-0.05, 0) is 32.1 Å². The Balaban J connectivity index is 2.76. The Bertz CT molecular complexity index is 445. The average molecular weight is 279 g/mol. The predicted molar refractivity (Wildman–Crippen MR) is 82.1 cm³/mol. The molecule has 3 N–H and O–H groups in total. The number of nitrogen functional groups attached to an aromatic ring is 1. The van der Waals surface area contributed by atoms with E-state index in [1.165, 1.54) is 7.11 Å². The van der Waals surface area contributed by atoms with Gasteiger partial charge in [0.05, 0.1) is 7.11 Å². The van der Waals surface area contributed by atoms with Crippen LogP contribution >= 0.6 is 0 Å². The van der Waals surface area contributed by atoms with Crippen LogP contribution in [0.1, 0.15) is 31.1 Å². The molecule has 0 radical (unpaired) electrons. The molecular weight excluding hydrogens is 254 g/mol. The molecular formula is C15H25N3O2. The topological polar surface area (TPSA) is 67.6 Å². The summed E-state index contributed by atoms with van der Waals surface area (Å²) in [5, 5.41) is 2.97. The number of nitrogens with zero attached hydrogens (tertiary/aromatic N) is 1. The molecule has 20 heavy (non-hydrogen) atoms. The summed E-state index contributed by atoms with van der Waals surface area (Å²) in [6, 6.07) is 5.25. The molecule has 0 spiro atoms. The fourth-order valence-electron chi connectivity index (χ4n) is 2.17. The third-order valence-corrected chi connectivity index (χ3v) is 3.31. The number of nitrogens with two attached hydrogens (primary N) is 1. The van der Waals surface area contributed by atoms with E-state index >= 15 is 0 Å². The van der Waals surface area contributed by atoms with Crippen LogP contribution in [0.2, 0.25) is 0 Å². The van der Waals surface area contributed by atoms with Crippen LogP contribution in [0.15, 0.2) is 18.2 Å². The molecule has 0 aromatic heterocycles. The quantitative estimate of drug-likeness (QED) is 0.746. The van der Waals surface area contributed by atoms with E-state index in [0.29, 0.717) is 17.0 Å². The number of anilines is 1. The van der Waals surface area contributed by atoms with Crippen molar-refractivity contribution in [2.24, 2.45) is 0 Å². The van der Waals surface area contributed by atoms with Crippen molar-refractivity contribution < 1.29 is 9.53 Å². The first kappa shape index (κ1) is 16.3. The highest BCUT2D eigenvalue weighted by Gasteiger charge is 2.18. The number of benzene rings is 1. The highest BCUT2D eigenvalue weighted by Crippen LogP contribution is 2.23. The zero-order valence-corrected chi connectivity index (χ0v) is 12.8. The van der Waals surface area contributed by atoms with Gasteiger partial charge in [-0.3, -0.25) is 4.79 Å². The molecule has 1 unspecified atom stereocenters. The molecule has 5 heteroatoms. The minimum atomic E-state index is -0.195. The van der Waals surface area contributed by atoms with Crippen molar-refractivity contribution in [3.05, 3.63) is 23.8 Å². The van der Waals surface area contributed by atoms with Crippen molar-refractivity contribution >= 4 is 11.6 Å². The number of rotatable bonds is 7. The molecule has 112 valence electrons. The highest BCUT2D eigenvalue weighted by atomic mass is 16.5. The average Bonchev–Trinajstić information content (AvgIpc) is 2.43. The van der Waals surface area contributed by atoms with Crippen molar-refractivity contribution in [3.8, 4) is 5.75 Å². The Hall–Kier alpha value is -1.75. The third kappa shape index (κ3) is 4.13. The molecule has 0 bridgehead atoms. The van der Waals surface area contributed by atoms with E-state index in [9.17, 15) is 4.79 Å². The zero-order valence-electron chi connectivity index (χ0n) is 12.8. The summed E-state index contributed by atoms with van der Waals surface area (Å²) in [5.74, 6) is 0.303. The second-order valence-corrected chi connectivity index (χ2v) is 4.78. The van der Waals surface area contributed by atoms with E-state index in [-0.39, 0.29) is 11.9 Å². The molecule has 0 fully saturated rings. The lowest BCUT2D eigenvalue weighted by atomic mass is 10.1. The first-order chi connectivity index (χ1) is 9.53. The maximum atomic E-state index is 12.3. The zero-order chi connectivity index (χ0) is 15.1. The number of hydrogen-bond acceptors (Lipinski definition) is 4. The Labute approximate surface area is 121 Å². The summed E-state index contributed by atoms with van der Waals surface area (Å²) in [7, 11) is 1.53. The van der Waals surface area contributed by atoms with Gasteiger partial charge >= 0.3 is 0 Å². The van der Waals surface area contributed by atoms with Crippen LogP contribution in [-0.4, -0.2) is 43.6 Å². The maximum Gasteiger partial charge on any atom is 0.257 e. The minimum Gasteiger partial charge on any atom is -0.496 e. The van der Waals surface area contributed by atoms with Crippen molar-refractivity contribution in [1.82, 2.24) is 10.2 Å². The van der Waals surface area contributed by atoms with E-state index in [1.54, 1.807) is 18.2 Å². The van der Waals surface area contributed by atoms with E-state index in [1.807, 2.05) is 6.92 Å². The summed E-state index contributed by atoms with van der Waals surface area (Å²) < 4.78 is 5.20. The van der Waals surface area contributed by atoms with Crippen LogP contribution in [0.25, 0.3) is 0 Å². The number of hydrogen-bond donors (Lipinski definition) is 2. The van der Waals surface area contributed by atoms with Crippen LogP contribution < -0.4 is 15.8 Å². The molecule has 1 atom stereocenters. The molecule has 0 aliphatic carbocycles. The minimum absolute atomic E-state index is 0.0479. The number of amides is 1. The van der Waals surface area contributed by atoms with Crippen LogP contribution in [0.5, 0.6) is 5.75 Å². The molecule has 1 aromatic carbocycles. The third-order valence-electron chi connectivity index (χ3n) is 3.31. The van der Waals surface area contributed by atoms with Crippen molar-refractivity contribution in [2.75, 3.05) is 32.5 Å². The molecule has 1 amide bonds. The van der Waals surface area contributed by atoms with Gasteiger partial charge in [0.25, 0.3) is 5.91 Å². The van der Waals surface area contributed by atoms with Crippen LogP contribution in [-0.2, 0) is 0 Å².